The van der Waals surface area contributed by atoms with Crippen molar-refractivity contribution in [3.05, 3.63) is 21.9 Å². The fraction of sp³-hybridized carbons (Fsp3) is 0.765. The van der Waals surface area contributed by atoms with E-state index in [1.807, 2.05) is 11.3 Å². The molecule has 1 N–H and O–H groups in total. The van der Waals surface area contributed by atoms with Crippen molar-refractivity contribution in [2.24, 2.45) is 0 Å². The summed E-state index contributed by atoms with van der Waals surface area (Å²) in [4.78, 5) is 7.75. The summed E-state index contributed by atoms with van der Waals surface area (Å²) in [7, 11) is 2.20. The number of hydrogen-bond donors (Lipinski definition) is 1. The first-order valence-corrected chi connectivity index (χ1v) is 8.84. The molecule has 1 aliphatic heterocycles. The van der Waals surface area contributed by atoms with E-state index in [1.54, 1.807) is 0 Å². The SMILES string of the molecule is CN1CCC(N(CCO)Cc2ccc(C(C)(C)C)s2)CC1. The number of aliphatic hydroxyl groups excluding tert-OH is 1. The van der Waals surface area contributed by atoms with Gasteiger partial charge in [0, 0.05) is 28.9 Å². The van der Waals surface area contributed by atoms with Crippen LogP contribution in [0.15, 0.2) is 12.1 Å². The third-order valence-corrected chi connectivity index (χ3v) is 5.85. The summed E-state index contributed by atoms with van der Waals surface area (Å²) >= 11 is 1.92. The topological polar surface area (TPSA) is 26.7 Å². The van der Waals surface area contributed by atoms with Crippen molar-refractivity contribution < 1.29 is 5.11 Å². The van der Waals surface area contributed by atoms with E-state index in [1.165, 1.54) is 35.7 Å². The Balaban J connectivity index is 2.00. The van der Waals surface area contributed by atoms with Crippen molar-refractivity contribution in [3.63, 3.8) is 0 Å². The van der Waals surface area contributed by atoms with E-state index in [0.29, 0.717) is 6.04 Å². The van der Waals surface area contributed by atoms with Crippen LogP contribution in [0.3, 0.4) is 0 Å². The molecule has 1 fully saturated rings. The average Bonchev–Trinajstić information content (AvgIpc) is 2.88. The smallest absolute Gasteiger partial charge is 0.0558 e. The van der Waals surface area contributed by atoms with Gasteiger partial charge in [0.15, 0.2) is 0 Å². The molecule has 2 heterocycles. The second-order valence-corrected chi connectivity index (χ2v) is 8.41. The molecule has 3 nitrogen and oxygen atoms in total. The highest BCUT2D eigenvalue weighted by Gasteiger charge is 2.24. The minimum atomic E-state index is 0.234. The van der Waals surface area contributed by atoms with Gasteiger partial charge in [-0.3, -0.25) is 4.90 Å². The van der Waals surface area contributed by atoms with Gasteiger partial charge in [-0.1, -0.05) is 20.8 Å². The maximum Gasteiger partial charge on any atom is 0.0558 e. The predicted molar refractivity (Wildman–Crippen MR) is 91.0 cm³/mol. The Hall–Kier alpha value is -0.420. The highest BCUT2D eigenvalue weighted by molar-refractivity contribution is 7.12. The number of nitrogens with zero attached hydrogens (tertiary/aromatic N) is 2. The lowest BCUT2D eigenvalue weighted by Gasteiger charge is -2.36. The summed E-state index contributed by atoms with van der Waals surface area (Å²) < 4.78 is 0. The number of thiophene rings is 1. The van der Waals surface area contributed by atoms with Crippen molar-refractivity contribution in [3.8, 4) is 0 Å². The lowest BCUT2D eigenvalue weighted by Crippen LogP contribution is -2.44. The van der Waals surface area contributed by atoms with Crippen LogP contribution >= 0.6 is 11.3 Å². The van der Waals surface area contributed by atoms with Crippen LogP contribution in [0.4, 0.5) is 0 Å². The Labute approximate surface area is 133 Å². The molecule has 0 bridgehead atoms. The van der Waals surface area contributed by atoms with Crippen LogP contribution in [0, 0.1) is 0 Å². The summed E-state index contributed by atoms with van der Waals surface area (Å²) in [6, 6.07) is 5.16. The molecule has 0 saturated carbocycles. The number of rotatable bonds is 5. The quantitative estimate of drug-likeness (QED) is 0.906. The molecule has 1 aromatic rings. The largest absolute Gasteiger partial charge is 0.395 e. The molecule has 0 aromatic carbocycles. The summed E-state index contributed by atoms with van der Waals surface area (Å²) in [5.41, 5.74) is 0.234. The monoisotopic (exact) mass is 310 g/mol. The van der Waals surface area contributed by atoms with Gasteiger partial charge in [0.2, 0.25) is 0 Å². The Morgan fingerprint density at radius 1 is 1.29 bits per heavy atom. The molecule has 120 valence electrons. The van der Waals surface area contributed by atoms with E-state index in [4.69, 9.17) is 0 Å². The van der Waals surface area contributed by atoms with E-state index in [0.717, 1.165) is 13.1 Å². The molecule has 2 rings (SSSR count). The Morgan fingerprint density at radius 3 is 2.48 bits per heavy atom. The van der Waals surface area contributed by atoms with Crippen molar-refractivity contribution in [1.29, 1.82) is 0 Å². The zero-order valence-electron chi connectivity index (χ0n) is 13.9. The molecule has 1 aromatic heterocycles. The number of piperidine rings is 1. The van der Waals surface area contributed by atoms with Gasteiger partial charge >= 0.3 is 0 Å². The Kier molecular flexibility index (Phi) is 5.83. The van der Waals surface area contributed by atoms with Crippen molar-refractivity contribution in [1.82, 2.24) is 9.80 Å². The summed E-state index contributed by atoms with van der Waals surface area (Å²) in [6.07, 6.45) is 2.43. The summed E-state index contributed by atoms with van der Waals surface area (Å²) in [5, 5.41) is 9.38. The fourth-order valence-corrected chi connectivity index (χ4v) is 4.04. The highest BCUT2D eigenvalue weighted by atomic mass is 32.1. The Bertz CT molecular complexity index is 430. The molecule has 0 unspecified atom stereocenters. The van der Waals surface area contributed by atoms with Crippen LogP contribution < -0.4 is 0 Å². The molecule has 1 aliphatic rings. The first-order valence-electron chi connectivity index (χ1n) is 8.03. The van der Waals surface area contributed by atoms with Crippen LogP contribution in [-0.2, 0) is 12.0 Å². The fourth-order valence-electron chi connectivity index (χ4n) is 2.95. The van der Waals surface area contributed by atoms with E-state index in [2.05, 4.69) is 49.8 Å². The minimum Gasteiger partial charge on any atom is -0.395 e. The van der Waals surface area contributed by atoms with Crippen LogP contribution in [0.2, 0.25) is 0 Å². The summed E-state index contributed by atoms with van der Waals surface area (Å²) in [6.45, 7) is 11.2. The molecule has 0 atom stereocenters. The van der Waals surface area contributed by atoms with E-state index < -0.39 is 0 Å². The first-order chi connectivity index (χ1) is 9.90. The maximum absolute atomic E-state index is 9.38. The number of hydrogen-bond acceptors (Lipinski definition) is 4. The van der Waals surface area contributed by atoms with Crippen molar-refractivity contribution in [2.45, 2.75) is 51.6 Å². The van der Waals surface area contributed by atoms with Gasteiger partial charge in [-0.05, 0) is 50.5 Å². The third kappa shape index (κ3) is 4.78. The van der Waals surface area contributed by atoms with Gasteiger partial charge in [-0.25, -0.2) is 0 Å². The standard InChI is InChI=1S/C17H30N2OS/c1-17(2,3)16-6-5-15(21-16)13-19(11-12-20)14-7-9-18(4)10-8-14/h5-6,14,20H,7-13H2,1-4H3. The van der Waals surface area contributed by atoms with Gasteiger partial charge in [0.05, 0.1) is 6.61 Å². The lowest BCUT2D eigenvalue weighted by atomic mass is 9.95. The molecule has 0 radical (unpaired) electrons. The minimum absolute atomic E-state index is 0.234. The number of likely N-dealkylation sites (tertiary alicyclic amines) is 1. The second kappa shape index (κ2) is 7.23. The van der Waals surface area contributed by atoms with Gasteiger partial charge in [-0.2, -0.15) is 0 Å². The normalized spacial score (nSPS) is 18.6. The van der Waals surface area contributed by atoms with Crippen molar-refractivity contribution >= 4 is 11.3 Å². The average molecular weight is 311 g/mol. The first kappa shape index (κ1) is 16.9. The van der Waals surface area contributed by atoms with Gasteiger partial charge in [-0.15, -0.1) is 11.3 Å². The summed E-state index contributed by atoms with van der Waals surface area (Å²) in [5.74, 6) is 0. The van der Waals surface area contributed by atoms with E-state index >= 15 is 0 Å². The molecular weight excluding hydrogens is 280 g/mol. The van der Waals surface area contributed by atoms with Crippen LogP contribution in [0.5, 0.6) is 0 Å². The molecule has 21 heavy (non-hydrogen) atoms. The second-order valence-electron chi connectivity index (χ2n) is 7.24. The zero-order valence-corrected chi connectivity index (χ0v) is 14.7. The molecule has 4 heteroatoms. The number of aliphatic hydroxyl groups is 1. The third-order valence-electron chi connectivity index (χ3n) is 4.35. The molecule has 0 spiro atoms. The molecule has 0 amide bonds. The van der Waals surface area contributed by atoms with E-state index in [9.17, 15) is 5.11 Å². The lowest BCUT2D eigenvalue weighted by molar-refractivity contribution is 0.0949. The van der Waals surface area contributed by atoms with Gasteiger partial charge in [0.1, 0.15) is 0 Å². The zero-order chi connectivity index (χ0) is 15.5. The van der Waals surface area contributed by atoms with Gasteiger partial charge in [0.25, 0.3) is 0 Å². The van der Waals surface area contributed by atoms with Crippen molar-refractivity contribution in [2.75, 3.05) is 33.3 Å². The molecular formula is C17H30N2OS. The highest BCUT2D eigenvalue weighted by Crippen LogP contribution is 2.30. The predicted octanol–water partition coefficient (Wildman–Crippen LogP) is 2.93. The Morgan fingerprint density at radius 2 is 1.95 bits per heavy atom. The van der Waals surface area contributed by atoms with E-state index in [-0.39, 0.29) is 12.0 Å². The van der Waals surface area contributed by atoms with Crippen LogP contribution in [-0.4, -0.2) is 54.2 Å². The van der Waals surface area contributed by atoms with Crippen LogP contribution in [0.1, 0.15) is 43.4 Å². The van der Waals surface area contributed by atoms with Gasteiger partial charge < -0.3 is 10.0 Å². The maximum atomic E-state index is 9.38. The van der Waals surface area contributed by atoms with Crippen LogP contribution in [0.25, 0.3) is 0 Å². The molecule has 1 saturated heterocycles. The molecule has 0 aliphatic carbocycles.